The Morgan fingerprint density at radius 1 is 1.21 bits per heavy atom. The third-order valence-corrected chi connectivity index (χ3v) is 7.18. The third kappa shape index (κ3) is 5.65. The van der Waals surface area contributed by atoms with E-state index in [4.69, 9.17) is 9.84 Å². The molecule has 0 atom stereocenters. The van der Waals surface area contributed by atoms with Crippen molar-refractivity contribution in [2.24, 2.45) is 7.05 Å². The number of halogens is 1. The smallest absolute Gasteiger partial charge is 0.410 e. The van der Waals surface area contributed by atoms with Crippen molar-refractivity contribution in [2.45, 2.75) is 65.6 Å². The Kier molecular flexibility index (Phi) is 7.13. The van der Waals surface area contributed by atoms with Gasteiger partial charge in [0.2, 0.25) is 0 Å². The number of aromatic nitrogens is 4. The fourth-order valence-electron chi connectivity index (χ4n) is 5.43. The number of benzene rings is 1. The zero-order chi connectivity index (χ0) is 27.9. The standard InChI is InChI=1S/C29H38FN7O2/c1-7-37(28(38)39-29(3,4)5)22-10-12-35(13-11-22)25-9-8-20(26-23(25)18-34(6)33-26)15-31-21-14-24(30)27-32-19(2)16-36(27)17-21/h8-9,14,16-18,22,31H,7,10-13,15H2,1-6H3. The summed E-state index contributed by atoms with van der Waals surface area (Å²) in [5, 5.41) is 9.20. The molecule has 9 nitrogen and oxygen atoms in total. The number of rotatable bonds is 6. The van der Waals surface area contributed by atoms with Crippen molar-refractivity contribution < 1.29 is 13.9 Å². The number of hydrogen-bond acceptors (Lipinski definition) is 6. The molecule has 4 heterocycles. The van der Waals surface area contributed by atoms with Crippen molar-refractivity contribution in [1.82, 2.24) is 24.1 Å². The number of amides is 1. The molecule has 39 heavy (non-hydrogen) atoms. The predicted molar refractivity (Wildman–Crippen MR) is 152 cm³/mol. The summed E-state index contributed by atoms with van der Waals surface area (Å²) in [5.41, 5.74) is 4.37. The van der Waals surface area contributed by atoms with Crippen molar-refractivity contribution in [3.05, 3.63) is 53.9 Å². The van der Waals surface area contributed by atoms with Crippen LogP contribution in [0.15, 0.2) is 36.8 Å². The minimum Gasteiger partial charge on any atom is -0.444 e. The van der Waals surface area contributed by atoms with E-state index in [9.17, 15) is 9.18 Å². The normalized spacial score (nSPS) is 14.8. The van der Waals surface area contributed by atoms with Crippen LogP contribution in [0.5, 0.6) is 0 Å². The predicted octanol–water partition coefficient (Wildman–Crippen LogP) is 5.51. The second-order valence-corrected chi connectivity index (χ2v) is 11.3. The van der Waals surface area contributed by atoms with E-state index in [1.807, 2.05) is 63.6 Å². The van der Waals surface area contributed by atoms with E-state index in [-0.39, 0.29) is 18.0 Å². The SMILES string of the molecule is CCN(C(=O)OC(C)(C)C)C1CCN(c2ccc(CNc3cc(F)c4nc(C)cn4c3)c3nn(C)cc23)CC1. The molecule has 0 spiro atoms. The topological polar surface area (TPSA) is 79.9 Å². The summed E-state index contributed by atoms with van der Waals surface area (Å²) in [5.74, 6) is -0.358. The molecule has 0 saturated carbocycles. The summed E-state index contributed by atoms with van der Waals surface area (Å²) in [6.45, 7) is 12.4. The fraction of sp³-hybridized carbons (Fsp3) is 0.483. The maximum Gasteiger partial charge on any atom is 0.410 e. The Balaban J connectivity index is 1.30. The van der Waals surface area contributed by atoms with Crippen LogP contribution in [0.1, 0.15) is 51.8 Å². The average molecular weight is 536 g/mol. The molecule has 0 radical (unpaired) electrons. The molecule has 1 fully saturated rings. The van der Waals surface area contributed by atoms with E-state index >= 15 is 0 Å². The summed E-state index contributed by atoms with van der Waals surface area (Å²) < 4.78 is 23.7. The molecule has 4 aromatic rings. The van der Waals surface area contributed by atoms with Crippen LogP contribution in [0, 0.1) is 12.7 Å². The van der Waals surface area contributed by atoms with Crippen LogP contribution in [-0.2, 0) is 18.3 Å². The van der Waals surface area contributed by atoms with Gasteiger partial charge in [-0.05, 0) is 59.1 Å². The van der Waals surface area contributed by atoms with Crippen molar-refractivity contribution in [3.63, 3.8) is 0 Å². The minimum absolute atomic E-state index is 0.158. The van der Waals surface area contributed by atoms with Gasteiger partial charge in [-0.1, -0.05) is 6.07 Å². The Morgan fingerprint density at radius 3 is 2.64 bits per heavy atom. The number of pyridine rings is 1. The van der Waals surface area contributed by atoms with Gasteiger partial charge in [0.25, 0.3) is 0 Å². The van der Waals surface area contributed by atoms with Gasteiger partial charge in [0.15, 0.2) is 11.5 Å². The molecule has 0 bridgehead atoms. The Morgan fingerprint density at radius 2 is 1.95 bits per heavy atom. The molecule has 10 heteroatoms. The molecule has 208 valence electrons. The van der Waals surface area contributed by atoms with E-state index in [1.54, 1.807) is 4.40 Å². The molecular formula is C29H38FN7O2. The Bertz CT molecular complexity index is 1500. The lowest BCUT2D eigenvalue weighted by Gasteiger charge is -2.39. The van der Waals surface area contributed by atoms with E-state index in [1.165, 1.54) is 6.07 Å². The van der Waals surface area contributed by atoms with Gasteiger partial charge >= 0.3 is 6.09 Å². The van der Waals surface area contributed by atoms with Crippen LogP contribution in [0.25, 0.3) is 16.6 Å². The second-order valence-electron chi connectivity index (χ2n) is 11.3. The van der Waals surface area contributed by atoms with E-state index in [2.05, 4.69) is 33.5 Å². The highest BCUT2D eigenvalue weighted by atomic mass is 19.1. The molecule has 5 rings (SSSR count). The number of carbonyl (C=O) groups excluding carboxylic acids is 1. The van der Waals surface area contributed by atoms with Gasteiger partial charge in [0.05, 0.1) is 16.9 Å². The number of nitrogens with one attached hydrogen (secondary N) is 1. The second kappa shape index (κ2) is 10.4. The zero-order valence-electron chi connectivity index (χ0n) is 23.7. The summed E-state index contributed by atoms with van der Waals surface area (Å²) >= 11 is 0. The van der Waals surface area contributed by atoms with E-state index in [0.717, 1.165) is 53.8 Å². The van der Waals surface area contributed by atoms with Crippen LogP contribution in [0.4, 0.5) is 20.6 Å². The first-order chi connectivity index (χ1) is 18.5. The van der Waals surface area contributed by atoms with Crippen LogP contribution < -0.4 is 10.2 Å². The van der Waals surface area contributed by atoms with Gasteiger partial charge in [0, 0.05) is 75.0 Å². The molecule has 0 unspecified atom stereocenters. The maximum absolute atomic E-state index is 14.5. The number of carbonyl (C=O) groups is 1. The van der Waals surface area contributed by atoms with Gasteiger partial charge in [-0.15, -0.1) is 0 Å². The first-order valence-electron chi connectivity index (χ1n) is 13.6. The number of nitrogens with zero attached hydrogens (tertiary/aromatic N) is 6. The van der Waals surface area contributed by atoms with Crippen molar-refractivity contribution in [3.8, 4) is 0 Å². The molecule has 1 aromatic carbocycles. The lowest BCUT2D eigenvalue weighted by atomic mass is 10.0. The Labute approximate surface area is 228 Å². The number of anilines is 2. The molecule has 1 N–H and O–H groups in total. The summed E-state index contributed by atoms with van der Waals surface area (Å²) in [6.07, 6.45) is 7.23. The van der Waals surface area contributed by atoms with Crippen molar-refractivity contribution in [1.29, 1.82) is 0 Å². The van der Waals surface area contributed by atoms with Gasteiger partial charge in [0.1, 0.15) is 5.60 Å². The lowest BCUT2D eigenvalue weighted by molar-refractivity contribution is 0.0149. The molecule has 1 amide bonds. The highest BCUT2D eigenvalue weighted by Gasteiger charge is 2.31. The molecule has 1 saturated heterocycles. The van der Waals surface area contributed by atoms with Gasteiger partial charge in [-0.2, -0.15) is 5.10 Å². The van der Waals surface area contributed by atoms with Crippen LogP contribution in [0.3, 0.4) is 0 Å². The van der Waals surface area contributed by atoms with Crippen LogP contribution in [-0.4, -0.2) is 61.4 Å². The summed E-state index contributed by atoms with van der Waals surface area (Å²) in [7, 11) is 1.93. The molecule has 1 aliphatic rings. The van der Waals surface area contributed by atoms with Crippen molar-refractivity contribution >= 4 is 34.0 Å². The van der Waals surface area contributed by atoms with E-state index < -0.39 is 5.60 Å². The largest absolute Gasteiger partial charge is 0.444 e. The first kappa shape index (κ1) is 26.8. The highest BCUT2D eigenvalue weighted by molar-refractivity contribution is 5.94. The van der Waals surface area contributed by atoms with Crippen LogP contribution >= 0.6 is 0 Å². The molecule has 1 aliphatic heterocycles. The average Bonchev–Trinajstić information content (AvgIpc) is 3.44. The number of piperidine rings is 1. The lowest BCUT2D eigenvalue weighted by Crippen LogP contribution is -2.48. The summed E-state index contributed by atoms with van der Waals surface area (Å²) in [6, 6.07) is 5.88. The Hall–Kier alpha value is -3.82. The molecule has 3 aromatic heterocycles. The number of ether oxygens (including phenoxy) is 1. The molecule has 0 aliphatic carbocycles. The number of hydrogen-bond donors (Lipinski definition) is 1. The fourth-order valence-corrected chi connectivity index (χ4v) is 5.43. The number of imidazole rings is 1. The van der Waals surface area contributed by atoms with Gasteiger partial charge < -0.3 is 24.3 Å². The zero-order valence-corrected chi connectivity index (χ0v) is 23.7. The van der Waals surface area contributed by atoms with Crippen LogP contribution in [0.2, 0.25) is 0 Å². The number of fused-ring (bicyclic) bond motifs is 2. The number of aryl methyl sites for hydroxylation is 2. The minimum atomic E-state index is -0.507. The van der Waals surface area contributed by atoms with Gasteiger partial charge in [-0.3, -0.25) is 4.68 Å². The monoisotopic (exact) mass is 535 g/mol. The molecular weight excluding hydrogens is 497 g/mol. The first-order valence-corrected chi connectivity index (χ1v) is 13.6. The summed E-state index contributed by atoms with van der Waals surface area (Å²) in [4.78, 5) is 21.2. The highest BCUT2D eigenvalue weighted by Crippen LogP contribution is 2.32. The quantitative estimate of drug-likeness (QED) is 0.351. The third-order valence-electron chi connectivity index (χ3n) is 7.18. The van der Waals surface area contributed by atoms with Crippen molar-refractivity contribution in [2.75, 3.05) is 29.9 Å². The van der Waals surface area contributed by atoms with Gasteiger partial charge in [-0.25, -0.2) is 14.2 Å². The maximum atomic E-state index is 14.5. The van der Waals surface area contributed by atoms with E-state index in [0.29, 0.717) is 24.4 Å².